The Morgan fingerprint density at radius 1 is 1.67 bits per heavy atom. The number of H-pyrrole nitrogens is 1. The zero-order chi connectivity index (χ0) is 10.7. The lowest BCUT2D eigenvalue weighted by Gasteiger charge is -2.34. The summed E-state index contributed by atoms with van der Waals surface area (Å²) in [6, 6.07) is 0. The first kappa shape index (κ1) is 10.6. The topological polar surface area (TPSA) is 49.9 Å². The molecule has 0 radical (unpaired) electrons. The van der Waals surface area contributed by atoms with Crippen LogP contribution in [0.3, 0.4) is 0 Å². The third-order valence-corrected chi connectivity index (χ3v) is 3.05. The van der Waals surface area contributed by atoms with Crippen LogP contribution in [0.2, 0.25) is 0 Å². The summed E-state index contributed by atoms with van der Waals surface area (Å²) in [5.41, 5.74) is 2.36. The first-order chi connectivity index (χ1) is 7.20. The van der Waals surface area contributed by atoms with Gasteiger partial charge in [0.25, 0.3) is 0 Å². The van der Waals surface area contributed by atoms with E-state index in [2.05, 4.69) is 22.2 Å². The van der Waals surface area contributed by atoms with Crippen molar-refractivity contribution in [3.8, 4) is 0 Å². The molecule has 0 aliphatic carbocycles. The molecule has 2 heterocycles. The number of nitrogens with zero attached hydrogens (tertiary/aromatic N) is 1. The maximum absolute atomic E-state index is 5.49. The number of hydrogen-bond donors (Lipinski definition) is 2. The molecule has 0 spiro atoms. The number of imidazole rings is 1. The number of aromatic amines is 1. The average Bonchev–Trinajstić information content (AvgIpc) is 2.62. The quantitative estimate of drug-likeness (QED) is 0.790. The number of aryl methyl sites for hydroxylation is 1. The largest absolute Gasteiger partial charge is 0.380 e. The summed E-state index contributed by atoms with van der Waals surface area (Å²) < 4.78 is 5.49. The van der Waals surface area contributed by atoms with E-state index >= 15 is 0 Å². The highest BCUT2D eigenvalue weighted by Crippen LogP contribution is 2.18. The molecular formula is C11H19N3O. The van der Waals surface area contributed by atoms with Crippen molar-refractivity contribution < 1.29 is 4.74 Å². The van der Waals surface area contributed by atoms with Crippen LogP contribution in [-0.2, 0) is 11.3 Å². The molecule has 0 saturated carbocycles. The van der Waals surface area contributed by atoms with Gasteiger partial charge in [-0.15, -0.1) is 0 Å². The van der Waals surface area contributed by atoms with Gasteiger partial charge in [0.1, 0.15) is 0 Å². The van der Waals surface area contributed by atoms with Crippen LogP contribution < -0.4 is 5.32 Å². The molecule has 1 aliphatic rings. The van der Waals surface area contributed by atoms with Crippen LogP contribution in [0.1, 0.15) is 31.2 Å². The molecule has 84 valence electrons. The summed E-state index contributed by atoms with van der Waals surface area (Å²) in [6.45, 7) is 6.78. The van der Waals surface area contributed by atoms with Crippen molar-refractivity contribution in [3.63, 3.8) is 0 Å². The molecule has 2 N–H and O–H groups in total. The van der Waals surface area contributed by atoms with Crippen molar-refractivity contribution >= 4 is 0 Å². The Kier molecular flexibility index (Phi) is 3.07. The second-order valence-electron chi connectivity index (χ2n) is 4.54. The van der Waals surface area contributed by atoms with Crippen molar-refractivity contribution in [2.75, 3.05) is 13.2 Å². The van der Waals surface area contributed by atoms with Gasteiger partial charge < -0.3 is 15.0 Å². The third kappa shape index (κ3) is 2.58. The van der Waals surface area contributed by atoms with Gasteiger partial charge in [-0.2, -0.15) is 0 Å². The monoisotopic (exact) mass is 209 g/mol. The number of hydrogen-bond acceptors (Lipinski definition) is 3. The van der Waals surface area contributed by atoms with Crippen LogP contribution in [0, 0.1) is 6.92 Å². The van der Waals surface area contributed by atoms with Gasteiger partial charge >= 0.3 is 0 Å². The lowest BCUT2D eigenvalue weighted by Crippen LogP contribution is -2.48. The maximum atomic E-state index is 5.49. The summed E-state index contributed by atoms with van der Waals surface area (Å²) in [7, 11) is 0. The van der Waals surface area contributed by atoms with Gasteiger partial charge in [-0.1, -0.05) is 0 Å². The molecule has 1 unspecified atom stereocenters. The normalized spacial score (nSPS) is 26.8. The molecular weight excluding hydrogens is 190 g/mol. The smallest absolute Gasteiger partial charge is 0.0925 e. The lowest BCUT2D eigenvalue weighted by atomic mass is 9.95. The highest BCUT2D eigenvalue weighted by molar-refractivity contribution is 5.08. The van der Waals surface area contributed by atoms with Crippen LogP contribution >= 0.6 is 0 Å². The van der Waals surface area contributed by atoms with Crippen molar-refractivity contribution in [3.05, 3.63) is 17.7 Å². The second kappa shape index (κ2) is 4.33. The Morgan fingerprint density at radius 3 is 3.13 bits per heavy atom. The number of rotatable bonds is 3. The molecule has 2 rings (SSSR count). The van der Waals surface area contributed by atoms with Crippen LogP contribution in [0.15, 0.2) is 6.33 Å². The number of aromatic nitrogens is 2. The Bertz CT molecular complexity index is 315. The fourth-order valence-electron chi connectivity index (χ4n) is 1.94. The van der Waals surface area contributed by atoms with Crippen molar-refractivity contribution in [1.82, 2.24) is 15.3 Å². The highest BCUT2D eigenvalue weighted by atomic mass is 16.5. The summed E-state index contributed by atoms with van der Waals surface area (Å²) in [6.07, 6.45) is 4.06. The van der Waals surface area contributed by atoms with Crippen molar-refractivity contribution in [2.45, 2.75) is 38.8 Å². The zero-order valence-corrected chi connectivity index (χ0v) is 9.47. The van der Waals surface area contributed by atoms with Crippen molar-refractivity contribution in [2.24, 2.45) is 0 Å². The van der Waals surface area contributed by atoms with Gasteiger partial charge in [0.05, 0.1) is 18.6 Å². The Morgan fingerprint density at radius 2 is 2.53 bits per heavy atom. The molecule has 1 aliphatic heterocycles. The number of ether oxygens (including phenoxy) is 1. The van der Waals surface area contributed by atoms with E-state index in [4.69, 9.17) is 4.74 Å². The van der Waals surface area contributed by atoms with E-state index < -0.39 is 0 Å². The van der Waals surface area contributed by atoms with E-state index in [9.17, 15) is 0 Å². The molecule has 1 aromatic rings. The highest BCUT2D eigenvalue weighted by Gasteiger charge is 2.26. The summed E-state index contributed by atoms with van der Waals surface area (Å²) >= 11 is 0. The minimum Gasteiger partial charge on any atom is -0.380 e. The molecule has 4 nitrogen and oxygen atoms in total. The predicted octanol–water partition coefficient (Wildman–Crippen LogP) is 1.38. The van der Waals surface area contributed by atoms with Gasteiger partial charge in [0.15, 0.2) is 0 Å². The lowest BCUT2D eigenvalue weighted by molar-refractivity contribution is 0.0276. The third-order valence-electron chi connectivity index (χ3n) is 3.05. The fourth-order valence-corrected chi connectivity index (χ4v) is 1.94. The van der Waals surface area contributed by atoms with Gasteiger partial charge in [-0.25, -0.2) is 4.98 Å². The molecule has 1 saturated heterocycles. The molecule has 0 amide bonds. The number of nitrogens with one attached hydrogen (secondary N) is 2. The minimum atomic E-state index is 0.115. The molecule has 0 bridgehead atoms. The standard InChI is InChI=1S/C11H19N3O/c1-9-10(13-8-12-9)6-14-11(2)4-3-5-15-7-11/h8,14H,3-7H2,1-2H3,(H,12,13). The predicted molar refractivity (Wildman–Crippen MR) is 58.6 cm³/mol. The minimum absolute atomic E-state index is 0.115. The molecule has 1 aromatic heterocycles. The van der Waals surface area contributed by atoms with Gasteiger partial charge in [-0.3, -0.25) is 0 Å². The van der Waals surface area contributed by atoms with Crippen LogP contribution in [0.4, 0.5) is 0 Å². The molecule has 0 aromatic carbocycles. The first-order valence-electron chi connectivity index (χ1n) is 5.51. The van der Waals surface area contributed by atoms with E-state index in [1.54, 1.807) is 6.33 Å². The maximum Gasteiger partial charge on any atom is 0.0925 e. The Labute approximate surface area is 90.4 Å². The Balaban J connectivity index is 1.89. The fraction of sp³-hybridized carbons (Fsp3) is 0.727. The molecule has 1 fully saturated rings. The Hall–Kier alpha value is -0.870. The zero-order valence-electron chi connectivity index (χ0n) is 9.47. The second-order valence-corrected chi connectivity index (χ2v) is 4.54. The van der Waals surface area contributed by atoms with E-state index in [1.165, 1.54) is 6.42 Å². The SMILES string of the molecule is Cc1[nH]cnc1CNC1(C)CCCOC1. The average molecular weight is 209 g/mol. The van der Waals surface area contributed by atoms with E-state index in [0.29, 0.717) is 0 Å². The van der Waals surface area contributed by atoms with Crippen LogP contribution in [0.25, 0.3) is 0 Å². The summed E-state index contributed by atoms with van der Waals surface area (Å²) in [4.78, 5) is 7.36. The molecule has 15 heavy (non-hydrogen) atoms. The summed E-state index contributed by atoms with van der Waals surface area (Å²) in [5.74, 6) is 0. The van der Waals surface area contributed by atoms with Gasteiger partial charge in [0, 0.05) is 24.4 Å². The van der Waals surface area contributed by atoms with Crippen LogP contribution in [0.5, 0.6) is 0 Å². The van der Waals surface area contributed by atoms with Gasteiger partial charge in [0.2, 0.25) is 0 Å². The van der Waals surface area contributed by atoms with E-state index in [-0.39, 0.29) is 5.54 Å². The summed E-state index contributed by atoms with van der Waals surface area (Å²) in [5, 5.41) is 3.53. The molecule has 4 heteroatoms. The van der Waals surface area contributed by atoms with Crippen molar-refractivity contribution in [1.29, 1.82) is 0 Å². The first-order valence-corrected chi connectivity index (χ1v) is 5.51. The molecule has 1 atom stereocenters. The van der Waals surface area contributed by atoms with E-state index in [1.807, 2.05) is 6.92 Å². The van der Waals surface area contributed by atoms with E-state index in [0.717, 1.165) is 37.6 Å². The van der Waals surface area contributed by atoms with Gasteiger partial charge in [-0.05, 0) is 26.7 Å². The van der Waals surface area contributed by atoms with Crippen LogP contribution in [-0.4, -0.2) is 28.7 Å².